The van der Waals surface area contributed by atoms with Crippen LogP contribution in [-0.4, -0.2) is 22.4 Å². The monoisotopic (exact) mass is 320 g/mol. The number of anilines is 1. The Morgan fingerprint density at radius 1 is 1.23 bits per heavy atom. The number of oxime groups is 1. The van der Waals surface area contributed by atoms with Gasteiger partial charge in [0.25, 0.3) is 0 Å². The summed E-state index contributed by atoms with van der Waals surface area (Å²) in [6.45, 7) is 1.75. The van der Waals surface area contributed by atoms with Crippen molar-refractivity contribution in [2.24, 2.45) is 10.1 Å². The van der Waals surface area contributed by atoms with Gasteiger partial charge >= 0.3 is 0 Å². The van der Waals surface area contributed by atoms with E-state index >= 15 is 0 Å². The number of halogens is 1. The average Bonchev–Trinajstić information content (AvgIpc) is 2.73. The molecule has 1 aromatic rings. The largest absolute Gasteiger partial charge is 0.411 e. The van der Waals surface area contributed by atoms with Crippen LogP contribution >= 0.6 is 11.6 Å². The van der Waals surface area contributed by atoms with Crippen LogP contribution < -0.4 is 10.4 Å². The van der Waals surface area contributed by atoms with Crippen molar-refractivity contribution in [2.45, 2.75) is 51.1 Å². The molecule has 1 saturated carbocycles. The van der Waals surface area contributed by atoms with Crippen LogP contribution in [0.15, 0.2) is 34.4 Å². The maximum atomic E-state index is 9.06. The minimum absolute atomic E-state index is 0.300. The minimum atomic E-state index is -0.300. The predicted molar refractivity (Wildman–Crippen MR) is 89.8 cm³/mol. The van der Waals surface area contributed by atoms with Gasteiger partial charge in [-0.3, -0.25) is 10.4 Å². The quantitative estimate of drug-likeness (QED) is 0.492. The molecule has 1 aromatic carbocycles. The molecule has 1 spiro atoms. The van der Waals surface area contributed by atoms with E-state index in [-0.39, 0.29) is 5.66 Å². The summed E-state index contributed by atoms with van der Waals surface area (Å²) < 4.78 is 0. The van der Waals surface area contributed by atoms with Crippen LogP contribution in [-0.2, 0) is 0 Å². The first kappa shape index (κ1) is 15.2. The van der Waals surface area contributed by atoms with E-state index in [1.54, 1.807) is 6.92 Å². The van der Waals surface area contributed by atoms with E-state index in [4.69, 9.17) is 21.8 Å². The van der Waals surface area contributed by atoms with Crippen LogP contribution in [0.25, 0.3) is 0 Å². The Balaban J connectivity index is 1.98. The zero-order chi connectivity index (χ0) is 15.6. The van der Waals surface area contributed by atoms with Gasteiger partial charge in [0.15, 0.2) is 11.5 Å². The molecule has 0 atom stereocenters. The lowest BCUT2D eigenvalue weighted by Gasteiger charge is -2.36. The van der Waals surface area contributed by atoms with Gasteiger partial charge in [0, 0.05) is 5.02 Å². The molecule has 0 unspecified atom stereocenters. The summed E-state index contributed by atoms with van der Waals surface area (Å²) in [7, 11) is 0. The summed E-state index contributed by atoms with van der Waals surface area (Å²) in [5.74, 6) is 0.638. The fraction of sp³-hybridized carbons (Fsp3) is 0.500. The number of rotatable bonds is 2. The van der Waals surface area contributed by atoms with Crippen molar-refractivity contribution >= 4 is 28.8 Å². The Morgan fingerprint density at radius 3 is 2.45 bits per heavy atom. The second-order valence-electron chi connectivity index (χ2n) is 5.97. The SMILES string of the molecule is C/C(=N\O)C1=NC2(CCCCCC2)N(c2ccc(Cl)cc2)N1. The molecular weight excluding hydrogens is 300 g/mol. The van der Waals surface area contributed by atoms with Gasteiger partial charge in [-0.2, -0.15) is 0 Å². The number of aliphatic imine (C=N–C) groups is 1. The van der Waals surface area contributed by atoms with Gasteiger partial charge in [-0.1, -0.05) is 29.6 Å². The lowest BCUT2D eigenvalue weighted by atomic mass is 10.00. The number of hydrazine groups is 1. The van der Waals surface area contributed by atoms with E-state index < -0.39 is 0 Å². The number of hydrogen-bond acceptors (Lipinski definition) is 5. The number of benzene rings is 1. The molecule has 0 saturated heterocycles. The lowest BCUT2D eigenvalue weighted by Crippen LogP contribution is -2.50. The molecule has 2 N–H and O–H groups in total. The van der Waals surface area contributed by atoms with E-state index in [1.807, 2.05) is 24.3 Å². The Morgan fingerprint density at radius 2 is 1.86 bits per heavy atom. The van der Waals surface area contributed by atoms with Crippen molar-refractivity contribution in [2.75, 3.05) is 5.01 Å². The van der Waals surface area contributed by atoms with Crippen molar-refractivity contribution in [3.63, 3.8) is 0 Å². The van der Waals surface area contributed by atoms with Crippen LogP contribution in [0.2, 0.25) is 5.02 Å². The number of amidine groups is 1. The third-order valence-corrected chi connectivity index (χ3v) is 4.69. The average molecular weight is 321 g/mol. The minimum Gasteiger partial charge on any atom is -0.411 e. The predicted octanol–water partition coefficient (Wildman–Crippen LogP) is 3.96. The molecule has 0 radical (unpaired) electrons. The van der Waals surface area contributed by atoms with Gasteiger partial charge in [0.2, 0.25) is 0 Å². The Kier molecular flexibility index (Phi) is 4.25. The molecule has 1 heterocycles. The van der Waals surface area contributed by atoms with E-state index in [9.17, 15) is 0 Å². The molecule has 6 heteroatoms. The second-order valence-corrected chi connectivity index (χ2v) is 6.40. The Bertz CT molecular complexity index is 589. The van der Waals surface area contributed by atoms with Crippen molar-refractivity contribution in [3.05, 3.63) is 29.3 Å². The summed E-state index contributed by atoms with van der Waals surface area (Å²) in [6.07, 6.45) is 6.77. The van der Waals surface area contributed by atoms with E-state index in [2.05, 4.69) is 15.6 Å². The summed E-state index contributed by atoms with van der Waals surface area (Å²) in [5.41, 5.74) is 4.54. The Hall–Kier alpha value is -1.75. The van der Waals surface area contributed by atoms with Gasteiger partial charge in [-0.05, 0) is 56.9 Å². The zero-order valence-corrected chi connectivity index (χ0v) is 13.5. The van der Waals surface area contributed by atoms with Crippen LogP contribution in [0.3, 0.4) is 0 Å². The first-order valence-electron chi connectivity index (χ1n) is 7.76. The van der Waals surface area contributed by atoms with Gasteiger partial charge in [-0.25, -0.2) is 4.99 Å². The molecule has 118 valence electrons. The summed E-state index contributed by atoms with van der Waals surface area (Å²) in [4.78, 5) is 4.90. The molecular formula is C16H21ClN4O. The molecule has 0 aromatic heterocycles. The molecule has 1 aliphatic heterocycles. The second kappa shape index (κ2) is 6.16. The molecule has 0 amide bonds. The first-order valence-corrected chi connectivity index (χ1v) is 8.14. The highest BCUT2D eigenvalue weighted by Crippen LogP contribution is 2.38. The highest BCUT2D eigenvalue weighted by atomic mass is 35.5. The molecule has 0 bridgehead atoms. The van der Waals surface area contributed by atoms with Crippen molar-refractivity contribution < 1.29 is 5.21 Å². The fourth-order valence-corrected chi connectivity index (χ4v) is 3.35. The van der Waals surface area contributed by atoms with Crippen LogP contribution in [0, 0.1) is 0 Å². The standard InChI is InChI=1S/C16H21ClN4O/c1-12(20-22)15-18-16(10-4-2-3-5-11-16)21(19-15)14-8-6-13(17)7-9-14/h6-9,22H,2-5,10-11H2,1H3,(H,18,19)/b20-12+. The van der Waals surface area contributed by atoms with Crippen molar-refractivity contribution in [3.8, 4) is 0 Å². The molecule has 3 rings (SSSR count). The topological polar surface area (TPSA) is 60.2 Å². The van der Waals surface area contributed by atoms with Gasteiger partial charge < -0.3 is 5.21 Å². The zero-order valence-electron chi connectivity index (χ0n) is 12.7. The summed E-state index contributed by atoms with van der Waals surface area (Å²) in [5, 5.41) is 15.2. The maximum absolute atomic E-state index is 9.06. The smallest absolute Gasteiger partial charge is 0.167 e. The molecule has 1 fully saturated rings. The van der Waals surface area contributed by atoms with E-state index in [0.29, 0.717) is 16.6 Å². The van der Waals surface area contributed by atoms with Crippen molar-refractivity contribution in [1.82, 2.24) is 5.43 Å². The van der Waals surface area contributed by atoms with Crippen LogP contribution in [0.5, 0.6) is 0 Å². The lowest BCUT2D eigenvalue weighted by molar-refractivity contribution is 0.319. The fourth-order valence-electron chi connectivity index (χ4n) is 3.23. The first-order chi connectivity index (χ1) is 10.6. The molecule has 22 heavy (non-hydrogen) atoms. The Labute approximate surface area is 135 Å². The van der Waals surface area contributed by atoms with Crippen LogP contribution in [0.4, 0.5) is 5.69 Å². The third kappa shape index (κ3) is 2.77. The van der Waals surface area contributed by atoms with Crippen molar-refractivity contribution in [1.29, 1.82) is 0 Å². The number of nitrogens with zero attached hydrogens (tertiary/aromatic N) is 3. The van der Waals surface area contributed by atoms with E-state index in [0.717, 1.165) is 31.4 Å². The third-order valence-electron chi connectivity index (χ3n) is 4.44. The van der Waals surface area contributed by atoms with E-state index in [1.165, 1.54) is 12.8 Å². The number of nitrogens with one attached hydrogen (secondary N) is 1. The highest BCUT2D eigenvalue weighted by molar-refractivity contribution is 6.41. The molecule has 5 nitrogen and oxygen atoms in total. The molecule has 2 aliphatic rings. The van der Waals surface area contributed by atoms with Gasteiger partial charge in [-0.15, -0.1) is 0 Å². The number of hydrogen-bond donors (Lipinski definition) is 2. The van der Waals surface area contributed by atoms with Gasteiger partial charge in [0.05, 0.1) is 5.69 Å². The van der Waals surface area contributed by atoms with Crippen LogP contribution in [0.1, 0.15) is 45.4 Å². The maximum Gasteiger partial charge on any atom is 0.167 e. The summed E-state index contributed by atoms with van der Waals surface area (Å²) >= 11 is 6.00. The normalized spacial score (nSPS) is 21.5. The molecule has 1 aliphatic carbocycles. The van der Waals surface area contributed by atoms with Gasteiger partial charge in [0.1, 0.15) is 5.71 Å². The summed E-state index contributed by atoms with van der Waals surface area (Å²) in [6, 6.07) is 7.75. The highest BCUT2D eigenvalue weighted by Gasteiger charge is 2.43.